The monoisotopic (exact) mass is 330 g/mol. The first-order valence-corrected chi connectivity index (χ1v) is 8.06. The third-order valence-corrected chi connectivity index (χ3v) is 4.22. The zero-order chi connectivity index (χ0) is 16.1. The minimum Gasteiger partial charge on any atom is -0.381 e. The SMILES string of the molecule is O=C(c1cccc(NCc2ccccc2Cl)c1)N1CCOCC1. The lowest BCUT2D eigenvalue weighted by molar-refractivity contribution is 0.0303. The number of nitrogens with one attached hydrogen (secondary N) is 1. The van der Waals surface area contributed by atoms with Crippen LogP contribution in [-0.4, -0.2) is 37.1 Å². The van der Waals surface area contributed by atoms with Crippen LogP contribution in [0.4, 0.5) is 5.69 Å². The van der Waals surface area contributed by atoms with Crippen molar-refractivity contribution in [3.05, 3.63) is 64.7 Å². The van der Waals surface area contributed by atoms with Crippen molar-refractivity contribution in [2.24, 2.45) is 0 Å². The number of ether oxygens (including phenoxy) is 1. The Hall–Kier alpha value is -2.04. The van der Waals surface area contributed by atoms with Gasteiger partial charge in [-0.2, -0.15) is 0 Å². The highest BCUT2D eigenvalue weighted by atomic mass is 35.5. The number of rotatable bonds is 4. The van der Waals surface area contributed by atoms with Gasteiger partial charge in [0.25, 0.3) is 5.91 Å². The first kappa shape index (κ1) is 15.8. The number of morpholine rings is 1. The third-order valence-electron chi connectivity index (χ3n) is 3.85. The van der Waals surface area contributed by atoms with E-state index in [1.165, 1.54) is 0 Å². The van der Waals surface area contributed by atoms with Crippen molar-refractivity contribution in [1.29, 1.82) is 0 Å². The predicted octanol–water partition coefficient (Wildman–Crippen LogP) is 3.42. The molecule has 1 aliphatic heterocycles. The molecule has 1 fully saturated rings. The van der Waals surface area contributed by atoms with Gasteiger partial charge in [-0.1, -0.05) is 35.9 Å². The van der Waals surface area contributed by atoms with E-state index in [1.54, 1.807) is 0 Å². The van der Waals surface area contributed by atoms with Crippen LogP contribution >= 0.6 is 11.6 Å². The van der Waals surface area contributed by atoms with E-state index >= 15 is 0 Å². The van der Waals surface area contributed by atoms with E-state index < -0.39 is 0 Å². The van der Waals surface area contributed by atoms with Gasteiger partial charge in [-0.15, -0.1) is 0 Å². The van der Waals surface area contributed by atoms with Crippen LogP contribution < -0.4 is 5.32 Å². The first-order valence-electron chi connectivity index (χ1n) is 7.68. The fourth-order valence-corrected chi connectivity index (χ4v) is 2.75. The molecule has 0 atom stereocenters. The molecule has 1 N–H and O–H groups in total. The number of halogens is 1. The van der Waals surface area contributed by atoms with Gasteiger partial charge in [0.05, 0.1) is 13.2 Å². The topological polar surface area (TPSA) is 41.6 Å². The highest BCUT2D eigenvalue weighted by Gasteiger charge is 2.18. The number of benzene rings is 2. The molecule has 120 valence electrons. The number of anilines is 1. The maximum Gasteiger partial charge on any atom is 0.254 e. The summed E-state index contributed by atoms with van der Waals surface area (Å²) in [4.78, 5) is 14.3. The molecule has 2 aromatic rings. The van der Waals surface area contributed by atoms with Crippen LogP contribution in [0.25, 0.3) is 0 Å². The Morgan fingerprint density at radius 1 is 1.13 bits per heavy atom. The number of hydrogen-bond donors (Lipinski definition) is 1. The first-order chi connectivity index (χ1) is 11.2. The van der Waals surface area contributed by atoms with Gasteiger partial charge in [0, 0.05) is 35.9 Å². The summed E-state index contributed by atoms with van der Waals surface area (Å²) >= 11 is 6.16. The van der Waals surface area contributed by atoms with E-state index in [2.05, 4.69) is 5.32 Å². The molecule has 0 aliphatic carbocycles. The van der Waals surface area contributed by atoms with Gasteiger partial charge in [0.1, 0.15) is 0 Å². The van der Waals surface area contributed by atoms with Crippen LogP contribution in [0.1, 0.15) is 15.9 Å². The maximum absolute atomic E-state index is 12.5. The summed E-state index contributed by atoms with van der Waals surface area (Å²) in [5.41, 5.74) is 2.62. The summed E-state index contributed by atoms with van der Waals surface area (Å²) in [6, 6.07) is 15.3. The normalized spacial score (nSPS) is 14.6. The molecule has 1 saturated heterocycles. The number of hydrogen-bond acceptors (Lipinski definition) is 3. The van der Waals surface area contributed by atoms with Crippen molar-refractivity contribution >= 4 is 23.2 Å². The molecule has 1 amide bonds. The smallest absolute Gasteiger partial charge is 0.254 e. The number of carbonyl (C=O) groups is 1. The van der Waals surface area contributed by atoms with Crippen LogP contribution in [0.15, 0.2) is 48.5 Å². The molecule has 23 heavy (non-hydrogen) atoms. The molecule has 0 unspecified atom stereocenters. The van der Waals surface area contributed by atoms with Crippen molar-refractivity contribution in [2.75, 3.05) is 31.6 Å². The molecular weight excluding hydrogens is 312 g/mol. The molecule has 1 aliphatic rings. The highest BCUT2D eigenvalue weighted by Crippen LogP contribution is 2.18. The molecule has 0 radical (unpaired) electrons. The van der Waals surface area contributed by atoms with Gasteiger partial charge in [0.15, 0.2) is 0 Å². The lowest BCUT2D eigenvalue weighted by atomic mass is 10.1. The summed E-state index contributed by atoms with van der Waals surface area (Å²) in [5, 5.41) is 4.06. The van der Waals surface area contributed by atoms with Gasteiger partial charge >= 0.3 is 0 Å². The molecule has 0 spiro atoms. The van der Waals surface area contributed by atoms with Crippen molar-refractivity contribution in [1.82, 2.24) is 4.90 Å². The van der Waals surface area contributed by atoms with E-state index in [1.807, 2.05) is 53.4 Å². The van der Waals surface area contributed by atoms with Gasteiger partial charge in [-0.3, -0.25) is 4.79 Å². The summed E-state index contributed by atoms with van der Waals surface area (Å²) < 4.78 is 5.29. The zero-order valence-electron chi connectivity index (χ0n) is 12.8. The van der Waals surface area contributed by atoms with Crippen LogP contribution in [0.3, 0.4) is 0 Å². The summed E-state index contributed by atoms with van der Waals surface area (Å²) in [7, 11) is 0. The van der Waals surface area contributed by atoms with Crippen LogP contribution in [0, 0.1) is 0 Å². The lowest BCUT2D eigenvalue weighted by Crippen LogP contribution is -2.40. The van der Waals surface area contributed by atoms with Gasteiger partial charge < -0.3 is 15.0 Å². The zero-order valence-corrected chi connectivity index (χ0v) is 13.6. The van der Waals surface area contributed by atoms with Gasteiger partial charge in [0.2, 0.25) is 0 Å². The van der Waals surface area contributed by atoms with E-state index in [-0.39, 0.29) is 5.91 Å². The summed E-state index contributed by atoms with van der Waals surface area (Å²) in [5.74, 6) is 0.0506. The minimum absolute atomic E-state index is 0.0506. The second-order valence-electron chi connectivity index (χ2n) is 5.43. The van der Waals surface area contributed by atoms with Crippen LogP contribution in [0.5, 0.6) is 0 Å². The average molecular weight is 331 g/mol. The standard InChI is InChI=1S/C18H19ClN2O2/c19-17-7-2-1-4-15(17)13-20-16-6-3-5-14(12-16)18(22)21-8-10-23-11-9-21/h1-7,12,20H,8-11,13H2. The molecule has 0 bridgehead atoms. The quantitative estimate of drug-likeness (QED) is 0.934. The van der Waals surface area contributed by atoms with E-state index in [0.717, 1.165) is 16.3 Å². The molecule has 5 heteroatoms. The van der Waals surface area contributed by atoms with Crippen molar-refractivity contribution < 1.29 is 9.53 Å². The second kappa shape index (κ2) is 7.49. The van der Waals surface area contributed by atoms with Crippen LogP contribution in [0.2, 0.25) is 5.02 Å². The maximum atomic E-state index is 12.5. The van der Waals surface area contributed by atoms with E-state index in [9.17, 15) is 4.79 Å². The number of carbonyl (C=O) groups excluding carboxylic acids is 1. The van der Waals surface area contributed by atoms with Crippen molar-refractivity contribution in [2.45, 2.75) is 6.54 Å². The van der Waals surface area contributed by atoms with Gasteiger partial charge in [-0.05, 0) is 29.8 Å². The fraction of sp³-hybridized carbons (Fsp3) is 0.278. The Morgan fingerprint density at radius 3 is 2.70 bits per heavy atom. The predicted molar refractivity (Wildman–Crippen MR) is 91.9 cm³/mol. The minimum atomic E-state index is 0.0506. The Bertz CT molecular complexity index is 684. The Labute approximate surface area is 141 Å². The highest BCUT2D eigenvalue weighted by molar-refractivity contribution is 6.31. The third kappa shape index (κ3) is 4.03. The Morgan fingerprint density at radius 2 is 1.91 bits per heavy atom. The molecule has 3 rings (SSSR count). The Kier molecular flexibility index (Phi) is 5.16. The van der Waals surface area contributed by atoms with Crippen molar-refractivity contribution in [3.63, 3.8) is 0 Å². The molecular formula is C18H19ClN2O2. The molecule has 0 aromatic heterocycles. The van der Waals surface area contributed by atoms with E-state index in [4.69, 9.17) is 16.3 Å². The summed E-state index contributed by atoms with van der Waals surface area (Å²) in [6.45, 7) is 3.13. The van der Waals surface area contributed by atoms with Gasteiger partial charge in [-0.25, -0.2) is 0 Å². The van der Waals surface area contributed by atoms with E-state index in [0.29, 0.717) is 38.4 Å². The molecule has 1 heterocycles. The molecule has 0 saturated carbocycles. The lowest BCUT2D eigenvalue weighted by Gasteiger charge is -2.27. The van der Waals surface area contributed by atoms with Crippen molar-refractivity contribution in [3.8, 4) is 0 Å². The largest absolute Gasteiger partial charge is 0.381 e. The number of amides is 1. The van der Waals surface area contributed by atoms with Crippen LogP contribution in [-0.2, 0) is 11.3 Å². The summed E-state index contributed by atoms with van der Waals surface area (Å²) in [6.07, 6.45) is 0. The fourth-order valence-electron chi connectivity index (χ4n) is 2.55. The molecule has 4 nitrogen and oxygen atoms in total. The second-order valence-corrected chi connectivity index (χ2v) is 5.84. The Balaban J connectivity index is 1.67. The average Bonchev–Trinajstić information content (AvgIpc) is 2.61. The molecule has 2 aromatic carbocycles. The number of nitrogens with zero attached hydrogens (tertiary/aromatic N) is 1.